The third-order valence-corrected chi connectivity index (χ3v) is 4.50. The fourth-order valence-corrected chi connectivity index (χ4v) is 3.24. The fourth-order valence-electron chi connectivity index (χ4n) is 3.24. The number of rotatable bonds is 5. The lowest BCUT2D eigenvalue weighted by Gasteiger charge is -2.22. The van der Waals surface area contributed by atoms with Crippen LogP contribution < -0.4 is 15.4 Å². The van der Waals surface area contributed by atoms with Crippen molar-refractivity contribution >= 4 is 5.96 Å². The van der Waals surface area contributed by atoms with E-state index >= 15 is 0 Å². The van der Waals surface area contributed by atoms with Gasteiger partial charge >= 0.3 is 6.18 Å². The molecular weight excluding hydrogens is 335 g/mol. The molecule has 5 nitrogen and oxygen atoms in total. The summed E-state index contributed by atoms with van der Waals surface area (Å²) in [6.45, 7) is 0.807. The van der Waals surface area contributed by atoms with Crippen LogP contribution in [0.4, 0.5) is 13.2 Å². The van der Waals surface area contributed by atoms with Gasteiger partial charge in [0.05, 0.1) is 30.4 Å². The van der Waals surface area contributed by atoms with Crippen LogP contribution in [0.5, 0.6) is 5.75 Å². The van der Waals surface area contributed by atoms with Gasteiger partial charge in [-0.3, -0.25) is 4.99 Å². The minimum absolute atomic E-state index is 0.256. The number of hydrogen-bond acceptors (Lipinski definition) is 3. The van der Waals surface area contributed by atoms with E-state index in [4.69, 9.17) is 9.47 Å². The van der Waals surface area contributed by atoms with E-state index in [9.17, 15) is 13.2 Å². The van der Waals surface area contributed by atoms with Gasteiger partial charge in [-0.25, -0.2) is 0 Å². The van der Waals surface area contributed by atoms with Gasteiger partial charge in [0, 0.05) is 7.05 Å². The smallest absolute Gasteiger partial charge is 0.416 e. The molecule has 8 heteroatoms. The van der Waals surface area contributed by atoms with Crippen LogP contribution in [0.1, 0.15) is 24.8 Å². The van der Waals surface area contributed by atoms with E-state index in [1.807, 2.05) is 0 Å². The van der Waals surface area contributed by atoms with Gasteiger partial charge in [0.15, 0.2) is 5.96 Å². The summed E-state index contributed by atoms with van der Waals surface area (Å²) in [6, 6.07) is 4.95. The van der Waals surface area contributed by atoms with Crippen molar-refractivity contribution in [2.45, 2.75) is 43.7 Å². The first-order valence-electron chi connectivity index (χ1n) is 8.38. The molecule has 138 valence electrons. The maximum atomic E-state index is 12.5. The Morgan fingerprint density at radius 1 is 1.28 bits per heavy atom. The summed E-state index contributed by atoms with van der Waals surface area (Å²) in [7, 11) is 1.69. The summed E-state index contributed by atoms with van der Waals surface area (Å²) >= 11 is 0. The molecule has 0 spiro atoms. The average molecular weight is 357 g/mol. The molecule has 2 aliphatic heterocycles. The van der Waals surface area contributed by atoms with E-state index in [2.05, 4.69) is 15.6 Å². The Kier molecular flexibility index (Phi) is 5.36. The molecule has 2 N–H and O–H groups in total. The number of aliphatic imine (C=N–C) groups is 1. The van der Waals surface area contributed by atoms with Crippen molar-refractivity contribution in [3.8, 4) is 5.75 Å². The second kappa shape index (κ2) is 7.51. The van der Waals surface area contributed by atoms with Crippen LogP contribution in [0.2, 0.25) is 0 Å². The molecule has 0 aromatic heterocycles. The van der Waals surface area contributed by atoms with Gasteiger partial charge < -0.3 is 20.1 Å². The number of nitrogens with one attached hydrogen (secondary N) is 2. The highest BCUT2D eigenvalue weighted by Gasteiger charge is 2.41. The number of halogens is 3. The zero-order chi connectivity index (χ0) is 17.9. The molecule has 2 fully saturated rings. The molecule has 2 bridgehead atoms. The molecule has 3 unspecified atom stereocenters. The van der Waals surface area contributed by atoms with Gasteiger partial charge in [-0.1, -0.05) is 0 Å². The highest BCUT2D eigenvalue weighted by molar-refractivity contribution is 5.80. The molecule has 3 atom stereocenters. The molecule has 0 aliphatic carbocycles. The molecule has 2 aliphatic rings. The van der Waals surface area contributed by atoms with E-state index in [0.29, 0.717) is 31.0 Å². The van der Waals surface area contributed by atoms with Gasteiger partial charge in [-0.15, -0.1) is 0 Å². The summed E-state index contributed by atoms with van der Waals surface area (Å²) in [5.74, 6) is 1.08. The van der Waals surface area contributed by atoms with Crippen molar-refractivity contribution in [1.29, 1.82) is 0 Å². The van der Waals surface area contributed by atoms with E-state index in [1.54, 1.807) is 7.05 Å². The molecule has 2 heterocycles. The van der Waals surface area contributed by atoms with Crippen molar-refractivity contribution in [2.75, 3.05) is 20.2 Å². The zero-order valence-corrected chi connectivity index (χ0v) is 14.0. The molecular formula is C17H22F3N3O2. The first-order valence-corrected chi connectivity index (χ1v) is 8.38. The summed E-state index contributed by atoms with van der Waals surface area (Å²) < 4.78 is 48.7. The standard InChI is InChI=1S/C17H22F3N3O2/c1-21-16(23-14-10-13-6-7-15(14)25-13)22-8-9-24-12-4-2-11(3-5-12)17(18,19)20/h2-5,13-15H,6-10H2,1H3,(H2,21,22,23). The predicted octanol–water partition coefficient (Wildman–Crippen LogP) is 2.57. The number of nitrogens with zero attached hydrogens (tertiary/aromatic N) is 1. The zero-order valence-electron chi connectivity index (χ0n) is 14.0. The van der Waals surface area contributed by atoms with Gasteiger partial charge in [0.2, 0.25) is 0 Å². The first-order chi connectivity index (χ1) is 12.0. The Bertz CT molecular complexity index is 604. The molecule has 1 aromatic carbocycles. The Morgan fingerprint density at radius 2 is 2.04 bits per heavy atom. The molecule has 3 rings (SSSR count). The normalized spacial score (nSPS) is 25.9. The Balaban J connectivity index is 1.38. The summed E-state index contributed by atoms with van der Waals surface area (Å²) in [6.07, 6.45) is -0.503. The maximum absolute atomic E-state index is 12.5. The Hall–Kier alpha value is -1.96. The van der Waals surface area contributed by atoms with E-state index in [-0.39, 0.29) is 12.1 Å². The number of fused-ring (bicyclic) bond motifs is 2. The molecule has 1 aromatic rings. The van der Waals surface area contributed by atoms with Crippen LogP contribution in [-0.2, 0) is 10.9 Å². The minimum Gasteiger partial charge on any atom is -0.492 e. The minimum atomic E-state index is -4.33. The number of ether oxygens (including phenoxy) is 2. The Morgan fingerprint density at radius 3 is 2.60 bits per heavy atom. The van der Waals surface area contributed by atoms with Crippen LogP contribution >= 0.6 is 0 Å². The van der Waals surface area contributed by atoms with Gasteiger partial charge in [-0.2, -0.15) is 13.2 Å². The van der Waals surface area contributed by atoms with Crippen molar-refractivity contribution < 1.29 is 22.6 Å². The van der Waals surface area contributed by atoms with Crippen LogP contribution in [-0.4, -0.2) is 44.4 Å². The monoisotopic (exact) mass is 357 g/mol. The molecule has 0 radical (unpaired) electrons. The topological polar surface area (TPSA) is 54.9 Å². The van der Waals surface area contributed by atoms with Crippen molar-refractivity contribution in [1.82, 2.24) is 10.6 Å². The van der Waals surface area contributed by atoms with Crippen LogP contribution in [0, 0.1) is 0 Å². The van der Waals surface area contributed by atoms with E-state index in [1.165, 1.54) is 12.1 Å². The molecule has 25 heavy (non-hydrogen) atoms. The Labute approximate surface area is 144 Å². The predicted molar refractivity (Wildman–Crippen MR) is 87.7 cm³/mol. The number of benzene rings is 1. The van der Waals surface area contributed by atoms with Crippen molar-refractivity contribution in [2.24, 2.45) is 4.99 Å². The lowest BCUT2D eigenvalue weighted by Crippen LogP contribution is -2.48. The summed E-state index contributed by atoms with van der Waals surface area (Å²) in [4.78, 5) is 4.18. The highest BCUT2D eigenvalue weighted by Crippen LogP contribution is 2.34. The number of alkyl halides is 3. The van der Waals surface area contributed by atoms with Crippen LogP contribution in [0.25, 0.3) is 0 Å². The maximum Gasteiger partial charge on any atom is 0.416 e. The van der Waals surface area contributed by atoms with Gasteiger partial charge in [0.1, 0.15) is 12.4 Å². The van der Waals surface area contributed by atoms with E-state index < -0.39 is 11.7 Å². The van der Waals surface area contributed by atoms with Gasteiger partial charge in [0.25, 0.3) is 0 Å². The lowest BCUT2D eigenvalue weighted by molar-refractivity contribution is -0.137. The molecule has 0 saturated carbocycles. The molecule has 2 saturated heterocycles. The van der Waals surface area contributed by atoms with Crippen LogP contribution in [0.3, 0.4) is 0 Å². The van der Waals surface area contributed by atoms with Crippen molar-refractivity contribution in [3.05, 3.63) is 29.8 Å². The van der Waals surface area contributed by atoms with Crippen LogP contribution in [0.15, 0.2) is 29.3 Å². The molecule has 0 amide bonds. The van der Waals surface area contributed by atoms with E-state index in [0.717, 1.165) is 31.4 Å². The lowest BCUT2D eigenvalue weighted by atomic mass is 9.96. The second-order valence-corrected chi connectivity index (χ2v) is 6.23. The quantitative estimate of drug-likeness (QED) is 0.483. The summed E-state index contributed by atoms with van der Waals surface area (Å²) in [5, 5.41) is 6.49. The number of hydrogen-bond donors (Lipinski definition) is 2. The second-order valence-electron chi connectivity index (χ2n) is 6.23. The summed E-state index contributed by atoms with van der Waals surface area (Å²) in [5.41, 5.74) is -0.685. The van der Waals surface area contributed by atoms with Gasteiger partial charge in [-0.05, 0) is 43.5 Å². The largest absolute Gasteiger partial charge is 0.492 e. The fraction of sp³-hybridized carbons (Fsp3) is 0.588. The number of guanidine groups is 1. The third-order valence-electron chi connectivity index (χ3n) is 4.50. The SMILES string of the molecule is CN=C(NCCOc1ccc(C(F)(F)F)cc1)NC1CC2CCC1O2. The first kappa shape index (κ1) is 17.8. The average Bonchev–Trinajstić information content (AvgIpc) is 3.20. The van der Waals surface area contributed by atoms with Crippen molar-refractivity contribution in [3.63, 3.8) is 0 Å². The third kappa shape index (κ3) is 4.56. The highest BCUT2D eigenvalue weighted by atomic mass is 19.4.